The summed E-state index contributed by atoms with van der Waals surface area (Å²) in [5, 5.41) is 2.14. The maximum atomic E-state index is 7.31. The second-order valence-electron chi connectivity index (χ2n) is 19.0. The standard InChI is InChI=1S/C56H51N7O/c1-35-17-21-37(22-18-35)52-58-53(38-23-19-36(2)20-24-38)60-54(59-52)45-32-44-43-30-39(55(3,4)5)25-26-46(43)63(51-16-12-13-27-57-51)49(44)33-50(45)64-42-29-40(56(6,7)8)28-41(31-42)62-34-61(9)47-14-10-11-15-48(47)62/h10-33H,1-9H3/q+2. The second-order valence-corrected chi connectivity index (χ2v) is 19.0. The fourth-order valence-electron chi connectivity index (χ4n) is 8.39. The summed E-state index contributed by atoms with van der Waals surface area (Å²) in [5.74, 6) is 3.76. The smallest absolute Gasteiger partial charge is 0.456 e. The number of fused-ring (bicyclic) bond motifs is 4. The first-order chi connectivity index (χ1) is 30.7. The molecule has 0 saturated carbocycles. The highest BCUT2D eigenvalue weighted by atomic mass is 16.5. The van der Waals surface area contributed by atoms with E-state index in [9.17, 15) is 0 Å². The lowest BCUT2D eigenvalue weighted by Gasteiger charge is -2.20. The Hall–Kier alpha value is -7.54. The first-order valence-corrected chi connectivity index (χ1v) is 21.9. The van der Waals surface area contributed by atoms with Crippen LogP contribution >= 0.6 is 0 Å². The van der Waals surface area contributed by atoms with Gasteiger partial charge in [0.25, 0.3) is 11.4 Å². The summed E-state index contributed by atoms with van der Waals surface area (Å²) < 4.78 is 13.7. The van der Waals surface area contributed by atoms with Crippen molar-refractivity contribution in [3.05, 3.63) is 168 Å². The van der Waals surface area contributed by atoms with Crippen LogP contribution in [-0.4, -0.2) is 42.1 Å². The topological polar surface area (TPSA) is 71.7 Å². The molecule has 0 fully saturated rings. The predicted octanol–water partition coefficient (Wildman–Crippen LogP) is 13.7. The van der Waals surface area contributed by atoms with Gasteiger partial charge in [-0.25, -0.2) is 19.9 Å². The highest BCUT2D eigenvalue weighted by molar-refractivity contribution is 6.11. The number of aromatic nitrogens is 5. The summed E-state index contributed by atoms with van der Waals surface area (Å²) >= 11 is 0. The van der Waals surface area contributed by atoms with Crippen molar-refractivity contribution in [2.45, 2.75) is 66.2 Å². The summed E-state index contributed by atoms with van der Waals surface area (Å²) in [5.41, 5.74) is 12.0. The molecule has 0 unspecified atom stereocenters. The zero-order valence-electron chi connectivity index (χ0n) is 37.9. The van der Waals surface area contributed by atoms with Crippen LogP contribution in [0.25, 0.3) is 61.8 Å². The quantitative estimate of drug-likeness (QED) is 0.150. The Morgan fingerprint density at radius 1 is 0.562 bits per heavy atom. The van der Waals surface area contributed by atoms with Crippen molar-refractivity contribution in [1.29, 1.82) is 0 Å². The van der Waals surface area contributed by atoms with Crippen molar-refractivity contribution < 1.29 is 9.31 Å². The SMILES string of the molecule is Cc1ccc(-c2nc(-c3ccc(C)cc3)nc(-c3cc4c5cc(C(C)(C)C)ccc5n(-c5ccccn5)c4cc3Oc3cc([N+]4=C=[N+](C)c5ccccc54)cc(C(C)(C)C)c3)n2)cc1. The zero-order chi connectivity index (χ0) is 44.5. The van der Waals surface area contributed by atoms with Crippen LogP contribution < -0.4 is 9.31 Å². The molecule has 6 aromatic carbocycles. The minimum atomic E-state index is -0.192. The van der Waals surface area contributed by atoms with Gasteiger partial charge in [0.2, 0.25) is 5.69 Å². The average molecular weight is 838 g/mol. The molecule has 1 aliphatic rings. The first-order valence-electron chi connectivity index (χ1n) is 21.9. The molecule has 3 aromatic heterocycles. The van der Waals surface area contributed by atoms with Gasteiger partial charge in [-0.15, -0.1) is 0 Å². The monoisotopic (exact) mass is 837 g/mol. The Balaban J connectivity index is 1.27. The van der Waals surface area contributed by atoms with E-state index in [-0.39, 0.29) is 10.8 Å². The van der Waals surface area contributed by atoms with Crippen LogP contribution in [0, 0.1) is 13.8 Å². The molecule has 64 heavy (non-hydrogen) atoms. The van der Waals surface area contributed by atoms with Crippen LogP contribution in [0.15, 0.2) is 146 Å². The molecule has 0 amide bonds. The molecule has 0 bridgehead atoms. The van der Waals surface area contributed by atoms with Crippen molar-refractivity contribution >= 4 is 44.9 Å². The van der Waals surface area contributed by atoms with Gasteiger partial charge >= 0.3 is 6.01 Å². The molecule has 4 heterocycles. The molecule has 314 valence electrons. The molecule has 0 saturated heterocycles. The third-order valence-electron chi connectivity index (χ3n) is 12.1. The van der Waals surface area contributed by atoms with Gasteiger partial charge in [0.05, 0.1) is 22.7 Å². The number of benzene rings is 6. The summed E-state index contributed by atoms with van der Waals surface area (Å²) in [7, 11) is 2.03. The molecule has 0 spiro atoms. The second kappa shape index (κ2) is 15.4. The van der Waals surface area contributed by atoms with Gasteiger partial charge in [0.15, 0.2) is 24.5 Å². The van der Waals surface area contributed by atoms with E-state index < -0.39 is 0 Å². The van der Waals surface area contributed by atoms with Gasteiger partial charge in [-0.05, 0) is 76.8 Å². The number of para-hydroxylation sites is 2. The molecule has 10 rings (SSSR count). The normalized spacial score (nSPS) is 12.7. The van der Waals surface area contributed by atoms with Crippen LogP contribution in [0.3, 0.4) is 0 Å². The molecule has 8 heteroatoms. The van der Waals surface area contributed by atoms with Gasteiger partial charge < -0.3 is 4.74 Å². The van der Waals surface area contributed by atoms with Crippen LogP contribution in [-0.2, 0) is 10.8 Å². The Morgan fingerprint density at radius 3 is 1.80 bits per heavy atom. The molecule has 1 aliphatic heterocycles. The van der Waals surface area contributed by atoms with Crippen LogP contribution in [0.1, 0.15) is 63.8 Å². The molecule has 0 atom stereocenters. The van der Waals surface area contributed by atoms with E-state index in [0.717, 1.165) is 78.1 Å². The van der Waals surface area contributed by atoms with Gasteiger partial charge in [0, 0.05) is 52.4 Å². The number of pyridine rings is 1. The molecule has 0 N–H and O–H groups in total. The Morgan fingerprint density at radius 2 is 1.17 bits per heavy atom. The molecule has 0 aliphatic carbocycles. The predicted molar refractivity (Wildman–Crippen MR) is 260 cm³/mol. The summed E-state index contributed by atoms with van der Waals surface area (Å²) in [6.07, 6.45) is 1.84. The maximum absolute atomic E-state index is 7.31. The number of hydrogen-bond acceptors (Lipinski definition) is 5. The van der Waals surface area contributed by atoms with E-state index in [1.807, 2.05) is 30.0 Å². The van der Waals surface area contributed by atoms with Crippen molar-refractivity contribution in [2.75, 3.05) is 7.05 Å². The Labute approximate surface area is 374 Å². The third-order valence-corrected chi connectivity index (χ3v) is 12.1. The number of rotatable bonds is 7. The lowest BCUT2D eigenvalue weighted by molar-refractivity contribution is -0.394. The van der Waals surface area contributed by atoms with E-state index in [1.165, 1.54) is 5.56 Å². The van der Waals surface area contributed by atoms with Crippen molar-refractivity contribution in [2.24, 2.45) is 0 Å². The van der Waals surface area contributed by atoms with Crippen molar-refractivity contribution in [1.82, 2.24) is 29.1 Å². The minimum absolute atomic E-state index is 0.0745. The molecule has 0 radical (unpaired) electrons. The van der Waals surface area contributed by atoms with Gasteiger partial charge in [-0.3, -0.25) is 4.57 Å². The highest BCUT2D eigenvalue weighted by Crippen LogP contribution is 2.44. The summed E-state index contributed by atoms with van der Waals surface area (Å²) in [6, 6.07) is 52.2. The number of nitrogens with zero attached hydrogens (tertiary/aromatic N) is 7. The lowest BCUT2D eigenvalue weighted by atomic mass is 9.86. The number of hydrogen-bond donors (Lipinski definition) is 0. The van der Waals surface area contributed by atoms with Crippen LogP contribution in [0.2, 0.25) is 0 Å². The third kappa shape index (κ3) is 7.46. The molecule has 8 nitrogen and oxygen atoms in total. The van der Waals surface area contributed by atoms with E-state index >= 15 is 0 Å². The number of aryl methyl sites for hydroxylation is 2. The van der Waals surface area contributed by atoms with Crippen LogP contribution in [0.5, 0.6) is 11.5 Å². The fraction of sp³-hybridized carbons (Fsp3) is 0.196. The maximum Gasteiger partial charge on any atom is 0.496 e. The van der Waals surface area contributed by atoms with Gasteiger partial charge in [-0.1, -0.05) is 130 Å². The lowest BCUT2D eigenvalue weighted by Crippen LogP contribution is -2.12. The Kier molecular flexibility index (Phi) is 9.73. The van der Waals surface area contributed by atoms with Crippen LogP contribution in [0.4, 0.5) is 17.1 Å². The summed E-state index contributed by atoms with van der Waals surface area (Å²) in [6.45, 7) is 17.6. The largest absolute Gasteiger partial charge is 0.496 e. The fourth-order valence-corrected chi connectivity index (χ4v) is 8.39. The average Bonchev–Trinajstić information content (AvgIpc) is 3.79. The summed E-state index contributed by atoms with van der Waals surface area (Å²) in [4.78, 5) is 20.5. The first kappa shape index (κ1) is 40.5. The van der Waals surface area contributed by atoms with E-state index in [4.69, 9.17) is 24.7 Å². The highest BCUT2D eigenvalue weighted by Gasteiger charge is 2.34. The number of ether oxygens (including phenoxy) is 1. The minimum Gasteiger partial charge on any atom is -0.456 e. The van der Waals surface area contributed by atoms with E-state index in [0.29, 0.717) is 29.0 Å². The van der Waals surface area contributed by atoms with Crippen molar-refractivity contribution in [3.8, 4) is 51.5 Å². The molecular formula is C56H51N7O+2. The van der Waals surface area contributed by atoms with Crippen molar-refractivity contribution in [3.63, 3.8) is 0 Å². The zero-order valence-corrected chi connectivity index (χ0v) is 37.9. The van der Waals surface area contributed by atoms with E-state index in [2.05, 4.69) is 198 Å². The van der Waals surface area contributed by atoms with Gasteiger partial charge in [0.1, 0.15) is 17.3 Å². The molecule has 9 aromatic rings. The molecular weight excluding hydrogens is 787 g/mol. The Bertz CT molecular complexity index is 3300. The van der Waals surface area contributed by atoms with E-state index in [1.54, 1.807) is 0 Å². The van der Waals surface area contributed by atoms with Gasteiger partial charge in [-0.2, -0.15) is 0 Å².